The summed E-state index contributed by atoms with van der Waals surface area (Å²) in [5, 5.41) is 4.53. The maximum Gasteiger partial charge on any atom is 0.270 e. The van der Waals surface area contributed by atoms with Crippen molar-refractivity contribution in [2.45, 2.75) is 25.4 Å². The number of halogens is 2. The fourth-order valence-corrected chi connectivity index (χ4v) is 2.95. The van der Waals surface area contributed by atoms with E-state index in [1.54, 1.807) is 30.3 Å². The molecule has 0 radical (unpaired) electrons. The lowest BCUT2D eigenvalue weighted by atomic mass is 10.1. The number of amides is 1. The maximum atomic E-state index is 14.0. The minimum Gasteiger partial charge on any atom is -0.384 e. The number of piperidine rings is 1. The molecule has 1 heterocycles. The Morgan fingerprint density at radius 1 is 1.27 bits per heavy atom. The van der Waals surface area contributed by atoms with Crippen LogP contribution in [-0.4, -0.2) is 24.4 Å². The number of nitrogens with zero attached hydrogens (tertiary/aromatic N) is 2. The van der Waals surface area contributed by atoms with Gasteiger partial charge in [-0.25, -0.2) is 4.39 Å². The Morgan fingerprint density at radius 2 is 2.00 bits per heavy atom. The number of carbonyl (C=O) groups is 1. The number of nitrogens with two attached hydrogens (primary N) is 1. The van der Waals surface area contributed by atoms with E-state index >= 15 is 0 Å². The van der Waals surface area contributed by atoms with Crippen LogP contribution in [0.2, 0.25) is 5.02 Å². The third kappa shape index (κ3) is 4.32. The van der Waals surface area contributed by atoms with Gasteiger partial charge in [0, 0.05) is 18.0 Å². The highest BCUT2D eigenvalue weighted by Gasteiger charge is 2.32. The molecule has 0 bridgehead atoms. The lowest BCUT2D eigenvalue weighted by Crippen LogP contribution is -2.45. The molecule has 2 aromatic carbocycles. The van der Waals surface area contributed by atoms with Crippen LogP contribution in [0.15, 0.2) is 53.7 Å². The number of amidine groups is 1. The molecule has 2 aromatic rings. The van der Waals surface area contributed by atoms with E-state index in [-0.39, 0.29) is 17.4 Å². The number of hydrogen-bond acceptors (Lipinski definition) is 3. The van der Waals surface area contributed by atoms with Gasteiger partial charge in [0.2, 0.25) is 6.10 Å². The molecule has 1 aliphatic heterocycles. The van der Waals surface area contributed by atoms with Crippen molar-refractivity contribution in [1.29, 1.82) is 0 Å². The van der Waals surface area contributed by atoms with Crippen LogP contribution in [0.1, 0.15) is 18.4 Å². The topological polar surface area (TPSA) is 67.9 Å². The Bertz CT molecular complexity index is 811. The maximum absolute atomic E-state index is 14.0. The van der Waals surface area contributed by atoms with Crippen molar-refractivity contribution in [2.75, 3.05) is 11.4 Å². The third-order valence-electron chi connectivity index (χ3n) is 4.13. The van der Waals surface area contributed by atoms with Crippen molar-refractivity contribution in [2.24, 2.45) is 10.9 Å². The Morgan fingerprint density at radius 3 is 2.73 bits per heavy atom. The van der Waals surface area contributed by atoms with Crippen LogP contribution in [0.25, 0.3) is 0 Å². The lowest BCUT2D eigenvalue weighted by Gasteiger charge is -2.31. The summed E-state index contributed by atoms with van der Waals surface area (Å²) >= 11 is 5.85. The standard InChI is InChI=1S/C19H19ClFN3O2/c20-14-9-7-13(8-10-14)12-18(22)23-26-17-6-3-11-24(19(17)25)16-5-2-1-4-15(16)21/h1-2,4-5,7-10,17H,3,6,11-12H2,(H2,22,23). The number of carbonyl (C=O) groups excluding carboxylic acids is 1. The van der Waals surface area contributed by atoms with Crippen LogP contribution in [-0.2, 0) is 16.1 Å². The van der Waals surface area contributed by atoms with Gasteiger partial charge in [0.25, 0.3) is 5.91 Å². The van der Waals surface area contributed by atoms with Crippen LogP contribution in [0.3, 0.4) is 0 Å². The molecule has 5 nitrogen and oxygen atoms in total. The lowest BCUT2D eigenvalue weighted by molar-refractivity contribution is -0.132. The van der Waals surface area contributed by atoms with Crippen LogP contribution in [0.5, 0.6) is 0 Å². The molecular formula is C19H19ClFN3O2. The normalized spacial score (nSPS) is 18.1. The van der Waals surface area contributed by atoms with Crippen molar-refractivity contribution >= 4 is 29.0 Å². The summed E-state index contributed by atoms with van der Waals surface area (Å²) in [6, 6.07) is 13.4. The van der Waals surface area contributed by atoms with E-state index in [4.69, 9.17) is 22.2 Å². The summed E-state index contributed by atoms with van der Waals surface area (Å²) in [6.07, 6.45) is 0.820. The fraction of sp³-hybridized carbons (Fsp3) is 0.263. The van der Waals surface area contributed by atoms with E-state index in [2.05, 4.69) is 5.16 Å². The molecule has 0 aromatic heterocycles. The molecule has 3 rings (SSSR count). The van der Waals surface area contributed by atoms with Gasteiger partial charge in [-0.15, -0.1) is 0 Å². The quantitative estimate of drug-likeness (QED) is 0.494. The number of rotatable bonds is 5. The Balaban J connectivity index is 1.64. The number of anilines is 1. The Labute approximate surface area is 156 Å². The molecule has 1 fully saturated rings. The molecule has 0 saturated carbocycles. The molecule has 1 saturated heterocycles. The van der Waals surface area contributed by atoms with Gasteiger partial charge in [-0.3, -0.25) is 4.79 Å². The van der Waals surface area contributed by atoms with Crippen molar-refractivity contribution in [1.82, 2.24) is 0 Å². The molecule has 7 heteroatoms. The smallest absolute Gasteiger partial charge is 0.270 e. The molecule has 2 N–H and O–H groups in total. The van der Waals surface area contributed by atoms with E-state index in [0.717, 1.165) is 5.56 Å². The summed E-state index contributed by atoms with van der Waals surface area (Å²) < 4.78 is 14.0. The van der Waals surface area contributed by atoms with E-state index in [0.29, 0.717) is 30.8 Å². The minimum absolute atomic E-state index is 0.253. The van der Waals surface area contributed by atoms with Crippen molar-refractivity contribution in [3.05, 3.63) is 64.9 Å². The van der Waals surface area contributed by atoms with Gasteiger partial charge in [0.1, 0.15) is 11.7 Å². The zero-order valence-corrected chi connectivity index (χ0v) is 14.8. The predicted octanol–water partition coefficient (Wildman–Crippen LogP) is 3.51. The van der Waals surface area contributed by atoms with Crippen LogP contribution in [0, 0.1) is 5.82 Å². The summed E-state index contributed by atoms with van der Waals surface area (Å²) in [5.41, 5.74) is 7.07. The van der Waals surface area contributed by atoms with Gasteiger partial charge in [-0.1, -0.05) is 41.0 Å². The monoisotopic (exact) mass is 375 g/mol. The molecule has 1 atom stereocenters. The van der Waals surface area contributed by atoms with Crippen LogP contribution >= 0.6 is 11.6 Å². The third-order valence-corrected chi connectivity index (χ3v) is 4.38. The molecule has 1 aliphatic rings. The van der Waals surface area contributed by atoms with Crippen molar-refractivity contribution in [3.63, 3.8) is 0 Å². The second kappa shape index (κ2) is 8.19. The summed E-state index contributed by atoms with van der Waals surface area (Å²) in [7, 11) is 0. The van der Waals surface area contributed by atoms with E-state index < -0.39 is 11.9 Å². The Kier molecular flexibility index (Phi) is 5.73. The highest BCUT2D eigenvalue weighted by atomic mass is 35.5. The van der Waals surface area contributed by atoms with E-state index in [1.807, 2.05) is 12.1 Å². The van der Waals surface area contributed by atoms with Gasteiger partial charge < -0.3 is 15.5 Å². The van der Waals surface area contributed by atoms with Crippen molar-refractivity contribution in [3.8, 4) is 0 Å². The zero-order valence-electron chi connectivity index (χ0n) is 14.1. The molecule has 1 amide bonds. The molecule has 0 spiro atoms. The fourth-order valence-electron chi connectivity index (χ4n) is 2.82. The van der Waals surface area contributed by atoms with E-state index in [9.17, 15) is 9.18 Å². The molecule has 26 heavy (non-hydrogen) atoms. The first-order valence-corrected chi connectivity index (χ1v) is 8.71. The minimum atomic E-state index is -0.771. The van der Waals surface area contributed by atoms with Gasteiger partial charge in [-0.05, 0) is 42.7 Å². The molecule has 0 aliphatic carbocycles. The highest BCUT2D eigenvalue weighted by Crippen LogP contribution is 2.25. The number of benzene rings is 2. The molecular weight excluding hydrogens is 357 g/mol. The van der Waals surface area contributed by atoms with Gasteiger partial charge in [-0.2, -0.15) is 0 Å². The zero-order chi connectivity index (χ0) is 18.5. The first-order chi connectivity index (χ1) is 12.5. The average molecular weight is 376 g/mol. The Hall–Kier alpha value is -2.60. The molecule has 1 unspecified atom stereocenters. The van der Waals surface area contributed by atoms with Crippen LogP contribution in [0.4, 0.5) is 10.1 Å². The largest absolute Gasteiger partial charge is 0.384 e. The van der Waals surface area contributed by atoms with E-state index in [1.165, 1.54) is 11.0 Å². The summed E-state index contributed by atoms with van der Waals surface area (Å²) in [4.78, 5) is 19.4. The molecule has 136 valence electrons. The SMILES string of the molecule is N/C(Cc1ccc(Cl)cc1)=N\OC1CCCN(c2ccccc2F)C1=O. The number of oxime groups is 1. The second-order valence-corrected chi connectivity index (χ2v) is 6.50. The second-order valence-electron chi connectivity index (χ2n) is 6.06. The highest BCUT2D eigenvalue weighted by molar-refractivity contribution is 6.30. The predicted molar refractivity (Wildman–Crippen MR) is 99.6 cm³/mol. The number of hydrogen-bond donors (Lipinski definition) is 1. The van der Waals surface area contributed by atoms with Gasteiger partial charge in [0.05, 0.1) is 5.69 Å². The average Bonchev–Trinajstić information content (AvgIpc) is 2.63. The van der Waals surface area contributed by atoms with Gasteiger partial charge >= 0.3 is 0 Å². The first-order valence-electron chi connectivity index (χ1n) is 8.33. The summed E-state index contributed by atoms with van der Waals surface area (Å²) in [5.74, 6) is -0.500. The number of para-hydroxylation sites is 1. The van der Waals surface area contributed by atoms with Crippen LogP contribution < -0.4 is 10.6 Å². The summed E-state index contributed by atoms with van der Waals surface area (Å²) in [6.45, 7) is 0.448. The van der Waals surface area contributed by atoms with Crippen molar-refractivity contribution < 1.29 is 14.0 Å². The first kappa shape index (κ1) is 18.2. The van der Waals surface area contributed by atoms with Gasteiger partial charge in [0.15, 0.2) is 0 Å².